The van der Waals surface area contributed by atoms with Crippen LogP contribution in [0, 0.1) is 5.92 Å². The van der Waals surface area contributed by atoms with Crippen LogP contribution in [0.15, 0.2) is 53.5 Å². The molecule has 10 unspecified atom stereocenters. The van der Waals surface area contributed by atoms with Crippen LogP contribution < -0.4 is 66.6 Å². The van der Waals surface area contributed by atoms with Gasteiger partial charge in [-0.2, -0.15) is 7.11 Å². The van der Waals surface area contributed by atoms with Crippen LogP contribution in [0.1, 0.15) is 62.3 Å². The molecule has 520 valence electrons. The molecular weight excluding hydrogens is 1340 g/mol. The van der Waals surface area contributed by atoms with E-state index in [0.29, 0.717) is 0 Å². The fourth-order valence-corrected chi connectivity index (χ4v) is 12.2. The predicted octanol–water partition coefficient (Wildman–Crippen LogP) is -4.83. The van der Waals surface area contributed by atoms with Crippen LogP contribution in [-0.2, 0) is 109 Å². The number of aromatic nitrogens is 4. The Morgan fingerprint density at radius 3 is 1.13 bits per heavy atom. The summed E-state index contributed by atoms with van der Waals surface area (Å²) in [6.45, 7) is 17.0. The molecule has 4 saturated heterocycles. The number of hydrogen-bond acceptors (Lipinski definition) is 30. The number of carbonyl (C=O) groups excluding carboxylic acids is 11. The van der Waals surface area contributed by atoms with Gasteiger partial charge in [0, 0.05) is 104 Å². The van der Waals surface area contributed by atoms with Crippen molar-refractivity contribution in [2.75, 3.05) is 42.4 Å². The Bertz CT molecular complexity index is 3350. The van der Waals surface area contributed by atoms with Crippen molar-refractivity contribution >= 4 is 106 Å². The van der Waals surface area contributed by atoms with Gasteiger partial charge in [0.2, 0.25) is 24.3 Å². The summed E-state index contributed by atoms with van der Waals surface area (Å²) in [5.74, 6) is -4.76. The van der Waals surface area contributed by atoms with Crippen molar-refractivity contribution in [3.8, 4) is 11.8 Å². The van der Waals surface area contributed by atoms with E-state index in [1.807, 2.05) is 13.8 Å². The van der Waals surface area contributed by atoms with Gasteiger partial charge in [-0.15, -0.1) is 23.5 Å². The topological polar surface area (TPSA) is 424 Å². The Balaban J connectivity index is 0.000000419. The summed E-state index contributed by atoms with van der Waals surface area (Å²) in [4.78, 5) is 176. The third-order valence-corrected chi connectivity index (χ3v) is 17.2. The van der Waals surface area contributed by atoms with E-state index >= 15 is 0 Å². The molecule has 13 atom stereocenters. The van der Waals surface area contributed by atoms with Gasteiger partial charge in [0.05, 0.1) is 24.0 Å². The second kappa shape index (κ2) is 36.0. The van der Waals surface area contributed by atoms with Gasteiger partial charge in [-0.25, -0.2) is 19.2 Å². The molecule has 0 bridgehead atoms. The third-order valence-electron chi connectivity index (χ3n) is 14.2. The monoisotopic (exact) mass is 1410 g/mol. The first-order chi connectivity index (χ1) is 43.8. The second-order valence-corrected chi connectivity index (χ2v) is 23.5. The summed E-state index contributed by atoms with van der Waals surface area (Å²) in [6, 6.07) is -1.28. The first kappa shape index (κ1) is 83.5. The molecule has 95 heavy (non-hydrogen) atoms. The number of carbonyl (C=O) groups is 11. The molecule has 0 aromatic carbocycles. The largest absolute Gasteiger partial charge is 1.00 e. The van der Waals surface area contributed by atoms with E-state index in [9.17, 15) is 71.9 Å². The summed E-state index contributed by atoms with van der Waals surface area (Å²) in [5, 5.41) is 13.9. The molecule has 4 fully saturated rings. The zero-order chi connectivity index (χ0) is 72.1. The van der Waals surface area contributed by atoms with E-state index in [-0.39, 0.29) is 85.6 Å². The maximum absolute atomic E-state index is 12.5. The van der Waals surface area contributed by atoms with Crippen molar-refractivity contribution in [1.82, 2.24) is 37.9 Å². The van der Waals surface area contributed by atoms with Gasteiger partial charge in [0.25, 0.3) is 34.7 Å². The van der Waals surface area contributed by atoms with Gasteiger partial charge >= 0.3 is 82.8 Å². The Hall–Kier alpha value is -7.56. The SMILES string of the molecule is C=C1C(=O)N(C)C(=O)N(C)C1=O.CC(=O)OC1C(C)OC2Oc3c(c(=O)n(C)c(=O)n3C)SC2C1OC(C)=O.CC(=O)OC1C(C)OC2Oc3c(c(=O)n(C)c(=O)n3C)SC2C1OC(C)=O.CC(=O)O[C@H]1C=CO[C@@H](C)[C@H]1C.CN1C(=O)C(=S)C(=O)N(C)C1=O.CO.C[O-].[Na+]. The van der Waals surface area contributed by atoms with Crippen molar-refractivity contribution in [3.63, 3.8) is 0 Å². The fraction of sp³-hybridized carbons (Fsp3) is 0.571. The summed E-state index contributed by atoms with van der Waals surface area (Å²) < 4.78 is 59.3. The number of urea groups is 2. The number of aliphatic hydroxyl groups is 1. The first-order valence-corrected chi connectivity index (χ1v) is 30.0. The number of thiocarbonyl (C=S) groups is 1. The van der Waals surface area contributed by atoms with Gasteiger partial charge in [0.15, 0.2) is 29.3 Å². The molecule has 1 N–H and O–H groups in total. The minimum atomic E-state index is -0.897. The fourth-order valence-electron chi connectivity index (χ4n) is 9.14. The number of thioether (sulfide) groups is 2. The van der Waals surface area contributed by atoms with Gasteiger partial charge in [0.1, 0.15) is 32.5 Å². The summed E-state index contributed by atoms with van der Waals surface area (Å²) in [5.41, 5.74) is -2.30. The predicted molar refractivity (Wildman–Crippen MR) is 327 cm³/mol. The molecule has 39 heteroatoms. The molecule has 0 radical (unpaired) electrons. The Morgan fingerprint density at radius 2 is 0.811 bits per heavy atom. The first-order valence-electron chi connectivity index (χ1n) is 27.8. The minimum Gasteiger partial charge on any atom is -0.857 e. The molecule has 9 rings (SSSR count). The van der Waals surface area contributed by atoms with Crippen LogP contribution in [0.4, 0.5) is 9.59 Å². The smallest absolute Gasteiger partial charge is 0.857 e. The van der Waals surface area contributed by atoms with Gasteiger partial charge < -0.3 is 57.6 Å². The maximum Gasteiger partial charge on any atom is 1.00 e. The summed E-state index contributed by atoms with van der Waals surface area (Å²) in [6.07, 6.45) is -3.22. The number of nitrogens with zero attached hydrogens (tertiary/aromatic N) is 8. The number of rotatable bonds is 5. The second-order valence-electron chi connectivity index (χ2n) is 20.7. The van der Waals surface area contributed by atoms with Gasteiger partial charge in [-0.3, -0.25) is 90.6 Å². The van der Waals surface area contributed by atoms with E-state index in [1.165, 1.54) is 100 Å². The molecular formula is C56H75N8NaO27S3. The number of ether oxygens (including phenoxy) is 10. The molecule has 7 aliphatic heterocycles. The molecule has 7 aliphatic rings. The van der Waals surface area contributed by atoms with Crippen LogP contribution in [0.2, 0.25) is 0 Å². The van der Waals surface area contributed by atoms with Gasteiger partial charge in [-0.1, -0.05) is 25.7 Å². The molecule has 35 nitrogen and oxygen atoms in total. The normalized spacial score (nSPS) is 25.8. The van der Waals surface area contributed by atoms with Crippen LogP contribution in [-0.4, -0.2) is 228 Å². The number of esters is 5. The van der Waals surface area contributed by atoms with E-state index in [4.69, 9.17) is 57.6 Å². The van der Waals surface area contributed by atoms with Crippen molar-refractivity contribution < 1.29 is 140 Å². The average molecular weight is 1410 g/mol. The van der Waals surface area contributed by atoms with Crippen molar-refractivity contribution in [2.24, 2.45) is 34.1 Å². The van der Waals surface area contributed by atoms with E-state index in [1.54, 1.807) is 26.2 Å². The Kier molecular flexibility index (Phi) is 31.6. The Morgan fingerprint density at radius 1 is 0.505 bits per heavy atom. The summed E-state index contributed by atoms with van der Waals surface area (Å²) >= 11 is 6.68. The van der Waals surface area contributed by atoms with Crippen molar-refractivity contribution in [3.05, 3.63) is 66.2 Å². The number of barbiturate groups is 2. The summed E-state index contributed by atoms with van der Waals surface area (Å²) in [7, 11) is 12.6. The average Bonchev–Trinajstić information content (AvgIpc) is 0.751. The molecule has 2 aromatic heterocycles. The van der Waals surface area contributed by atoms with Crippen LogP contribution in [0.3, 0.4) is 0 Å². The molecule has 0 saturated carbocycles. The number of hydrogen-bond donors (Lipinski definition) is 1. The molecule has 0 spiro atoms. The molecule has 8 amide bonds. The number of amides is 8. The van der Waals surface area contributed by atoms with Crippen LogP contribution in [0.5, 0.6) is 11.8 Å². The van der Waals surface area contributed by atoms with E-state index in [0.717, 1.165) is 66.5 Å². The maximum atomic E-state index is 12.5. The Labute approximate surface area is 579 Å². The van der Waals surface area contributed by atoms with Gasteiger partial charge in [-0.05, 0) is 26.8 Å². The molecule has 0 aliphatic carbocycles. The van der Waals surface area contributed by atoms with E-state index < -0.39 is 142 Å². The number of fused-ring (bicyclic) bond motifs is 4. The molecule has 2 aromatic rings. The van der Waals surface area contributed by atoms with Crippen LogP contribution >= 0.6 is 35.7 Å². The quantitative estimate of drug-likeness (QED) is 0.0733. The number of likely N-dealkylation sites (N-methyl/N-ethyl adjacent to an activating group) is 2. The van der Waals surface area contributed by atoms with Crippen LogP contribution in [0.25, 0.3) is 0 Å². The van der Waals surface area contributed by atoms with Crippen molar-refractivity contribution in [2.45, 2.75) is 144 Å². The zero-order valence-electron chi connectivity index (χ0n) is 55.7. The number of aliphatic hydroxyl groups excluding tert-OH is 1. The minimum absolute atomic E-state index is 0. The standard InChI is InChI=1S/2C16H20N2O8S.C9H14O3.C7H8N2O3.C6H6N2O3S.CH4O.CH3O.Na/c2*1-6-9(24-7(2)19)10(25-8(3)20)11-15(23-6)26-14-12(27-11)13(21)17(4)16(22)18(14)5;1-6-7(2)11-5-4-9(6)12-8(3)10;1-4-5(10)8(2)7(12)9(3)6(4)11;1-7-4(9)3(12)5(10)8(2)6(7)11;2*1-2;/h2*6,9-11,15H,1-5H3;4-7,9H,1-3H3;1H2,2-3H3;1-2H3;2H,1H3;1H3;/q;;;;;;-1;+1/t;;6-,7+,9+;;;;;/m..1...../s1. The van der Waals surface area contributed by atoms with Crippen molar-refractivity contribution in [1.29, 1.82) is 0 Å². The number of imide groups is 4. The molecule has 9 heterocycles. The van der Waals surface area contributed by atoms with E-state index in [2.05, 4.69) is 18.8 Å². The third kappa shape index (κ3) is 19.4. The zero-order valence-corrected chi connectivity index (χ0v) is 60.2.